The van der Waals surface area contributed by atoms with Gasteiger partial charge in [0.2, 0.25) is 0 Å². The molecule has 1 fully saturated rings. The lowest BCUT2D eigenvalue weighted by Crippen LogP contribution is -2.43. The third-order valence-corrected chi connectivity index (χ3v) is 6.03. The van der Waals surface area contributed by atoms with Gasteiger partial charge >= 0.3 is 6.18 Å². The number of hydrogen-bond acceptors (Lipinski definition) is 2. The summed E-state index contributed by atoms with van der Waals surface area (Å²) in [5.41, 5.74) is 1.69. The van der Waals surface area contributed by atoms with Crippen LogP contribution in [0.25, 0.3) is 16.6 Å². The standard InChI is InChI=1S/C22H21F4N3/c1-13-9-10-16-17(12-27)20(29(15-6-5-7-15)21(16)19(13)23)18-8-3-4-11-28(18)14(2)22(24,25)26/h3-4,8-10,14-15H,5-7,11H2,1-2H3/t14-/m0/s1. The fourth-order valence-electron chi connectivity index (χ4n) is 4.12. The zero-order valence-electron chi connectivity index (χ0n) is 16.2. The quantitative estimate of drug-likeness (QED) is 0.602. The third-order valence-electron chi connectivity index (χ3n) is 6.03. The maximum absolute atomic E-state index is 15.2. The van der Waals surface area contributed by atoms with E-state index in [0.717, 1.165) is 26.2 Å². The molecule has 1 aliphatic carbocycles. The summed E-state index contributed by atoms with van der Waals surface area (Å²) < 4.78 is 57.6. The highest BCUT2D eigenvalue weighted by molar-refractivity contribution is 5.94. The molecule has 4 rings (SSSR count). The highest BCUT2D eigenvalue weighted by Crippen LogP contribution is 2.44. The molecule has 1 aromatic carbocycles. The number of nitriles is 1. The van der Waals surface area contributed by atoms with Gasteiger partial charge in [-0.25, -0.2) is 4.39 Å². The van der Waals surface area contributed by atoms with Crippen LogP contribution >= 0.6 is 0 Å². The normalized spacial score (nSPS) is 18.5. The summed E-state index contributed by atoms with van der Waals surface area (Å²) in [6, 6.07) is 3.69. The molecule has 1 aromatic heterocycles. The number of alkyl halides is 3. The van der Waals surface area contributed by atoms with Crippen molar-refractivity contribution in [1.29, 1.82) is 5.26 Å². The van der Waals surface area contributed by atoms with Crippen molar-refractivity contribution >= 4 is 16.6 Å². The van der Waals surface area contributed by atoms with Crippen LogP contribution in [-0.4, -0.2) is 28.2 Å². The van der Waals surface area contributed by atoms with E-state index >= 15 is 4.39 Å². The second-order valence-corrected chi connectivity index (χ2v) is 7.73. The number of nitrogens with zero attached hydrogens (tertiary/aromatic N) is 3. The van der Waals surface area contributed by atoms with Crippen molar-refractivity contribution in [2.24, 2.45) is 0 Å². The van der Waals surface area contributed by atoms with Crippen LogP contribution in [0.15, 0.2) is 30.4 Å². The van der Waals surface area contributed by atoms with E-state index in [0.29, 0.717) is 27.9 Å². The summed E-state index contributed by atoms with van der Waals surface area (Å²) >= 11 is 0. The molecule has 0 amide bonds. The Morgan fingerprint density at radius 3 is 2.55 bits per heavy atom. The number of aryl methyl sites for hydroxylation is 1. The fourth-order valence-corrected chi connectivity index (χ4v) is 4.12. The summed E-state index contributed by atoms with van der Waals surface area (Å²) in [5.74, 6) is -0.417. The van der Waals surface area contributed by atoms with E-state index in [1.54, 1.807) is 41.9 Å². The molecule has 0 unspecified atom stereocenters. The molecule has 0 spiro atoms. The Labute approximate surface area is 166 Å². The predicted octanol–water partition coefficient (Wildman–Crippen LogP) is 5.85. The minimum Gasteiger partial charge on any atom is -0.354 e. The Kier molecular flexibility index (Phi) is 4.68. The average molecular weight is 403 g/mol. The van der Waals surface area contributed by atoms with Gasteiger partial charge in [0.25, 0.3) is 0 Å². The number of halogens is 4. The molecule has 7 heteroatoms. The highest BCUT2D eigenvalue weighted by Gasteiger charge is 2.42. The Morgan fingerprint density at radius 2 is 1.97 bits per heavy atom. The average Bonchev–Trinajstić information content (AvgIpc) is 2.96. The van der Waals surface area contributed by atoms with Gasteiger partial charge in [-0.05, 0) is 44.7 Å². The zero-order chi connectivity index (χ0) is 20.9. The summed E-state index contributed by atoms with van der Waals surface area (Å²) in [6.45, 7) is 2.84. The van der Waals surface area contributed by atoms with Crippen LogP contribution in [0.5, 0.6) is 0 Å². The van der Waals surface area contributed by atoms with Crippen LogP contribution in [-0.2, 0) is 0 Å². The smallest absolute Gasteiger partial charge is 0.354 e. The predicted molar refractivity (Wildman–Crippen MR) is 104 cm³/mol. The molecule has 0 radical (unpaired) electrons. The number of benzene rings is 1. The molecule has 29 heavy (non-hydrogen) atoms. The highest BCUT2D eigenvalue weighted by atomic mass is 19.4. The first kappa shape index (κ1) is 19.6. The molecule has 0 bridgehead atoms. The molecule has 2 heterocycles. The first-order valence-corrected chi connectivity index (χ1v) is 9.69. The van der Waals surface area contributed by atoms with Gasteiger partial charge < -0.3 is 9.47 Å². The van der Waals surface area contributed by atoms with Crippen molar-refractivity contribution < 1.29 is 17.6 Å². The summed E-state index contributed by atoms with van der Waals surface area (Å²) in [6.07, 6.45) is 3.12. The Balaban J connectivity index is 2.02. The lowest BCUT2D eigenvalue weighted by atomic mass is 9.92. The molecular weight excluding hydrogens is 382 g/mol. The van der Waals surface area contributed by atoms with E-state index in [-0.39, 0.29) is 18.2 Å². The van der Waals surface area contributed by atoms with Gasteiger partial charge in [0.1, 0.15) is 17.9 Å². The Morgan fingerprint density at radius 1 is 1.24 bits per heavy atom. The van der Waals surface area contributed by atoms with Gasteiger partial charge in [-0.2, -0.15) is 18.4 Å². The fraction of sp³-hybridized carbons (Fsp3) is 0.409. The minimum absolute atomic E-state index is 0.0271. The van der Waals surface area contributed by atoms with Gasteiger partial charge in [0.05, 0.1) is 22.5 Å². The van der Waals surface area contributed by atoms with Gasteiger partial charge in [-0.15, -0.1) is 0 Å². The largest absolute Gasteiger partial charge is 0.408 e. The van der Waals surface area contributed by atoms with Crippen LogP contribution in [0.2, 0.25) is 0 Å². The third kappa shape index (κ3) is 3.02. The van der Waals surface area contributed by atoms with Gasteiger partial charge in [0, 0.05) is 18.0 Å². The lowest BCUT2D eigenvalue weighted by molar-refractivity contribution is -0.169. The molecule has 152 valence electrons. The van der Waals surface area contributed by atoms with Crippen molar-refractivity contribution in [3.63, 3.8) is 0 Å². The van der Waals surface area contributed by atoms with Crippen molar-refractivity contribution in [3.05, 3.63) is 53.0 Å². The maximum Gasteiger partial charge on any atom is 0.408 e. The summed E-state index contributed by atoms with van der Waals surface area (Å²) in [5, 5.41) is 10.4. The molecule has 0 N–H and O–H groups in total. The number of hydrogen-bond donors (Lipinski definition) is 0. The minimum atomic E-state index is -4.42. The van der Waals surface area contributed by atoms with Gasteiger partial charge in [-0.3, -0.25) is 0 Å². The number of aromatic nitrogens is 1. The van der Waals surface area contributed by atoms with Crippen LogP contribution < -0.4 is 0 Å². The van der Waals surface area contributed by atoms with Crippen LogP contribution in [0.1, 0.15) is 49.0 Å². The number of fused-ring (bicyclic) bond motifs is 1. The molecular formula is C22H21F4N3. The summed E-state index contributed by atoms with van der Waals surface area (Å²) in [4.78, 5) is 1.25. The van der Waals surface area contributed by atoms with Gasteiger partial charge in [0.15, 0.2) is 0 Å². The topological polar surface area (TPSA) is 32.0 Å². The van der Waals surface area contributed by atoms with E-state index < -0.39 is 18.0 Å². The SMILES string of the molecule is Cc1ccc2c(C#N)c(C3=CC=CCN3[C@@H](C)C(F)(F)F)n(C3CCC3)c2c1F. The van der Waals surface area contributed by atoms with Crippen LogP contribution in [0, 0.1) is 24.1 Å². The van der Waals surface area contributed by atoms with Crippen molar-refractivity contribution in [2.45, 2.75) is 51.4 Å². The van der Waals surface area contributed by atoms with Crippen LogP contribution in [0.4, 0.5) is 17.6 Å². The van der Waals surface area contributed by atoms with Crippen LogP contribution in [0.3, 0.4) is 0 Å². The van der Waals surface area contributed by atoms with Crippen molar-refractivity contribution in [3.8, 4) is 6.07 Å². The first-order chi connectivity index (χ1) is 13.8. The lowest BCUT2D eigenvalue weighted by Gasteiger charge is -2.37. The second-order valence-electron chi connectivity index (χ2n) is 7.73. The van der Waals surface area contributed by atoms with Crippen molar-refractivity contribution in [2.75, 3.05) is 6.54 Å². The second kappa shape index (κ2) is 6.94. The van der Waals surface area contributed by atoms with E-state index in [1.807, 2.05) is 0 Å². The number of rotatable bonds is 3. The van der Waals surface area contributed by atoms with E-state index in [2.05, 4.69) is 6.07 Å². The van der Waals surface area contributed by atoms with E-state index in [9.17, 15) is 18.4 Å². The Bertz CT molecular complexity index is 1060. The Hall–Kier alpha value is -2.75. The molecule has 3 nitrogen and oxygen atoms in total. The molecule has 1 aliphatic heterocycles. The maximum atomic E-state index is 15.2. The van der Waals surface area contributed by atoms with E-state index in [1.165, 1.54) is 4.90 Å². The summed E-state index contributed by atoms with van der Waals surface area (Å²) in [7, 11) is 0. The van der Waals surface area contributed by atoms with E-state index in [4.69, 9.17) is 0 Å². The molecule has 1 atom stereocenters. The first-order valence-electron chi connectivity index (χ1n) is 9.69. The zero-order valence-corrected chi connectivity index (χ0v) is 16.2. The molecule has 1 saturated carbocycles. The molecule has 2 aromatic rings. The monoisotopic (exact) mass is 403 g/mol. The van der Waals surface area contributed by atoms with Crippen molar-refractivity contribution in [1.82, 2.24) is 9.47 Å². The number of allylic oxidation sites excluding steroid dienone is 2. The van der Waals surface area contributed by atoms with Gasteiger partial charge in [-0.1, -0.05) is 24.3 Å². The molecule has 2 aliphatic rings. The molecule has 0 saturated heterocycles.